The highest BCUT2D eigenvalue weighted by Gasteiger charge is 2.34. The zero-order valence-electron chi connectivity index (χ0n) is 8.32. The normalized spacial score (nSPS) is 22.6. The number of rotatable bonds is 0. The van der Waals surface area contributed by atoms with Crippen molar-refractivity contribution < 1.29 is 19.5 Å². The molecule has 0 fully saturated rings. The first-order valence-corrected chi connectivity index (χ1v) is 5.03. The van der Waals surface area contributed by atoms with Crippen LogP contribution in [0.15, 0.2) is 12.1 Å². The summed E-state index contributed by atoms with van der Waals surface area (Å²) in [5.74, 6) is -0.635. The third kappa shape index (κ3) is 1.05. The predicted molar refractivity (Wildman–Crippen MR) is 53.6 cm³/mol. The van der Waals surface area contributed by atoms with E-state index in [4.69, 9.17) is 0 Å². The first-order valence-electron chi connectivity index (χ1n) is 5.03. The van der Waals surface area contributed by atoms with Crippen molar-refractivity contribution in [1.82, 2.24) is 0 Å². The minimum absolute atomic E-state index is 0.0423. The lowest BCUT2D eigenvalue weighted by atomic mass is 10.0. The molecule has 0 radical (unpaired) electrons. The molecule has 1 N–H and O–H groups in total. The van der Waals surface area contributed by atoms with Crippen molar-refractivity contribution in [2.24, 2.45) is 0 Å². The summed E-state index contributed by atoms with van der Waals surface area (Å²) in [7, 11) is 0. The van der Waals surface area contributed by atoms with Gasteiger partial charge in [-0.2, -0.15) is 0 Å². The van der Waals surface area contributed by atoms with Gasteiger partial charge in [0.05, 0.1) is 12.5 Å². The molecule has 0 amide bonds. The average molecular weight is 216 g/mol. The summed E-state index contributed by atoms with van der Waals surface area (Å²) in [4.78, 5) is 34.5. The number of carbonyl (C=O) groups excluding carboxylic acids is 3. The second-order valence-corrected chi connectivity index (χ2v) is 4.15. The van der Waals surface area contributed by atoms with Crippen LogP contribution in [0, 0.1) is 0 Å². The minimum atomic E-state index is -0.837. The highest BCUT2D eigenvalue weighted by molar-refractivity contribution is 6.25. The fourth-order valence-electron chi connectivity index (χ4n) is 2.33. The van der Waals surface area contributed by atoms with Gasteiger partial charge in [-0.1, -0.05) is 0 Å². The number of Topliss-reactive ketones (excluding diaryl/α,β-unsaturated/α-hetero) is 3. The van der Waals surface area contributed by atoms with Crippen LogP contribution in [0.4, 0.5) is 0 Å². The van der Waals surface area contributed by atoms with Gasteiger partial charge < -0.3 is 5.11 Å². The monoisotopic (exact) mass is 216 g/mol. The molecule has 1 aromatic rings. The van der Waals surface area contributed by atoms with E-state index in [2.05, 4.69) is 0 Å². The standard InChI is InChI=1S/C12H8O4/c13-9-3-11(15)7-2-8-6(1-5(7)9)10(14)4-12(8)16/h1-2,9,13H,3-4H2. The minimum Gasteiger partial charge on any atom is -0.388 e. The van der Waals surface area contributed by atoms with Crippen LogP contribution < -0.4 is 0 Å². The number of aliphatic hydroxyl groups excluding tert-OH is 1. The van der Waals surface area contributed by atoms with E-state index in [1.54, 1.807) is 0 Å². The van der Waals surface area contributed by atoms with Crippen LogP contribution in [-0.4, -0.2) is 22.5 Å². The first kappa shape index (κ1) is 9.42. The zero-order chi connectivity index (χ0) is 11.4. The van der Waals surface area contributed by atoms with E-state index < -0.39 is 6.10 Å². The number of hydrogen-bond donors (Lipinski definition) is 1. The van der Waals surface area contributed by atoms with Crippen LogP contribution in [0.5, 0.6) is 0 Å². The molecule has 4 heteroatoms. The molecule has 0 spiro atoms. The van der Waals surface area contributed by atoms with Gasteiger partial charge in [0.2, 0.25) is 0 Å². The quantitative estimate of drug-likeness (QED) is 0.658. The Hall–Kier alpha value is -1.81. The number of ketones is 3. The summed E-state index contributed by atoms with van der Waals surface area (Å²) in [6.45, 7) is 0. The Morgan fingerprint density at radius 2 is 1.56 bits per heavy atom. The van der Waals surface area contributed by atoms with Gasteiger partial charge in [-0.05, 0) is 17.7 Å². The first-order chi connectivity index (χ1) is 7.58. The van der Waals surface area contributed by atoms with Crippen LogP contribution in [0.1, 0.15) is 55.6 Å². The summed E-state index contributed by atoms with van der Waals surface area (Å²) in [6.07, 6.45) is -0.917. The van der Waals surface area contributed by atoms with Crippen molar-refractivity contribution in [3.05, 3.63) is 34.4 Å². The third-order valence-electron chi connectivity index (χ3n) is 3.15. The van der Waals surface area contributed by atoms with E-state index >= 15 is 0 Å². The summed E-state index contributed by atoms with van der Waals surface area (Å²) in [5, 5.41) is 9.62. The maximum absolute atomic E-state index is 11.5. The van der Waals surface area contributed by atoms with E-state index in [9.17, 15) is 19.5 Å². The summed E-state index contributed by atoms with van der Waals surface area (Å²) in [5.41, 5.74) is 1.53. The number of carbonyl (C=O) groups is 3. The Bertz CT molecular complexity index is 556. The summed E-state index contributed by atoms with van der Waals surface area (Å²) in [6, 6.07) is 2.95. The number of benzene rings is 1. The molecule has 2 aliphatic rings. The van der Waals surface area contributed by atoms with Crippen molar-refractivity contribution in [2.45, 2.75) is 18.9 Å². The molecule has 2 aliphatic carbocycles. The highest BCUT2D eigenvalue weighted by Crippen LogP contribution is 2.35. The lowest BCUT2D eigenvalue weighted by Gasteiger charge is -2.04. The van der Waals surface area contributed by atoms with E-state index in [-0.39, 0.29) is 30.2 Å². The van der Waals surface area contributed by atoms with E-state index in [0.29, 0.717) is 22.3 Å². The highest BCUT2D eigenvalue weighted by atomic mass is 16.3. The van der Waals surface area contributed by atoms with E-state index in [0.717, 1.165) is 0 Å². The smallest absolute Gasteiger partial charge is 0.171 e. The SMILES string of the molecule is O=C1CC(=O)c2cc3c(cc21)C(=O)CC3O. The molecule has 0 bridgehead atoms. The molecule has 0 saturated heterocycles. The molecule has 1 atom stereocenters. The summed E-state index contributed by atoms with van der Waals surface area (Å²) >= 11 is 0. The number of hydrogen-bond acceptors (Lipinski definition) is 4. The Morgan fingerprint density at radius 3 is 2.25 bits per heavy atom. The maximum Gasteiger partial charge on any atom is 0.171 e. The van der Waals surface area contributed by atoms with Crippen LogP contribution in [0.3, 0.4) is 0 Å². The maximum atomic E-state index is 11.5. The van der Waals surface area contributed by atoms with Gasteiger partial charge in [-0.3, -0.25) is 14.4 Å². The third-order valence-corrected chi connectivity index (χ3v) is 3.15. The molecule has 16 heavy (non-hydrogen) atoms. The molecular formula is C12H8O4. The Kier molecular flexibility index (Phi) is 1.68. The van der Waals surface area contributed by atoms with Crippen molar-refractivity contribution in [1.29, 1.82) is 0 Å². The molecule has 0 aliphatic heterocycles. The average Bonchev–Trinajstić information content (AvgIpc) is 2.67. The van der Waals surface area contributed by atoms with Gasteiger partial charge in [-0.25, -0.2) is 0 Å². The van der Waals surface area contributed by atoms with Crippen LogP contribution in [0.25, 0.3) is 0 Å². The largest absolute Gasteiger partial charge is 0.388 e. The molecule has 80 valence electrons. The number of fused-ring (bicyclic) bond motifs is 2. The molecular weight excluding hydrogens is 208 g/mol. The Morgan fingerprint density at radius 1 is 0.938 bits per heavy atom. The lowest BCUT2D eigenvalue weighted by molar-refractivity contribution is 0.0918. The van der Waals surface area contributed by atoms with Crippen molar-refractivity contribution >= 4 is 17.3 Å². The molecule has 0 heterocycles. The van der Waals surface area contributed by atoms with Gasteiger partial charge in [-0.15, -0.1) is 0 Å². The van der Waals surface area contributed by atoms with Gasteiger partial charge >= 0.3 is 0 Å². The molecule has 1 unspecified atom stereocenters. The zero-order valence-corrected chi connectivity index (χ0v) is 8.32. The molecule has 1 aromatic carbocycles. The Labute approximate surface area is 90.9 Å². The Balaban J connectivity index is 2.29. The van der Waals surface area contributed by atoms with Gasteiger partial charge in [0.25, 0.3) is 0 Å². The van der Waals surface area contributed by atoms with Crippen molar-refractivity contribution in [2.75, 3.05) is 0 Å². The van der Waals surface area contributed by atoms with Gasteiger partial charge in [0.1, 0.15) is 0 Å². The van der Waals surface area contributed by atoms with Crippen LogP contribution in [0.2, 0.25) is 0 Å². The fraction of sp³-hybridized carbons (Fsp3) is 0.250. The molecule has 0 aromatic heterocycles. The van der Waals surface area contributed by atoms with Gasteiger partial charge in [0, 0.05) is 23.1 Å². The second-order valence-electron chi connectivity index (χ2n) is 4.15. The van der Waals surface area contributed by atoms with Crippen molar-refractivity contribution in [3.8, 4) is 0 Å². The topological polar surface area (TPSA) is 71.4 Å². The van der Waals surface area contributed by atoms with Crippen LogP contribution in [-0.2, 0) is 0 Å². The van der Waals surface area contributed by atoms with Crippen LogP contribution >= 0.6 is 0 Å². The molecule has 4 nitrogen and oxygen atoms in total. The van der Waals surface area contributed by atoms with Crippen molar-refractivity contribution in [3.63, 3.8) is 0 Å². The van der Waals surface area contributed by atoms with E-state index in [1.807, 2.05) is 0 Å². The van der Waals surface area contributed by atoms with E-state index in [1.165, 1.54) is 12.1 Å². The molecule has 3 rings (SSSR count). The molecule has 0 saturated carbocycles. The lowest BCUT2D eigenvalue weighted by Crippen LogP contribution is -1.98. The fourth-order valence-corrected chi connectivity index (χ4v) is 2.33. The predicted octanol–water partition coefficient (Wildman–Crippen LogP) is 1.08. The number of aliphatic hydroxyl groups is 1. The second kappa shape index (κ2) is 2.86. The van der Waals surface area contributed by atoms with Gasteiger partial charge in [0.15, 0.2) is 17.3 Å². The summed E-state index contributed by atoms with van der Waals surface area (Å²) < 4.78 is 0.